The highest BCUT2D eigenvalue weighted by atomic mass is 16.5. The molecule has 0 spiro atoms. The van der Waals surface area contributed by atoms with Crippen LogP contribution < -0.4 is 5.32 Å². The van der Waals surface area contributed by atoms with Crippen molar-refractivity contribution in [2.75, 3.05) is 33.4 Å². The lowest BCUT2D eigenvalue weighted by Crippen LogP contribution is -2.39. The molecule has 0 bridgehead atoms. The maximum Gasteiger partial charge on any atom is 0.0474 e. The van der Waals surface area contributed by atoms with Gasteiger partial charge in [0.2, 0.25) is 0 Å². The lowest BCUT2D eigenvalue weighted by molar-refractivity contribution is 0.166. The van der Waals surface area contributed by atoms with Gasteiger partial charge in [0.15, 0.2) is 0 Å². The van der Waals surface area contributed by atoms with Crippen molar-refractivity contribution in [2.45, 2.75) is 44.2 Å². The number of rotatable bonds is 7. The number of likely N-dealkylation sites (tertiary alicyclic amines) is 1. The summed E-state index contributed by atoms with van der Waals surface area (Å²) in [7, 11) is 1.79. The number of nitrogens with one attached hydrogen (secondary N) is 1. The fraction of sp³-hybridized carbons (Fsp3) is 1.00. The van der Waals surface area contributed by atoms with Crippen LogP contribution >= 0.6 is 0 Å². The molecule has 1 saturated heterocycles. The Morgan fingerprint density at radius 3 is 2.93 bits per heavy atom. The van der Waals surface area contributed by atoms with Crippen molar-refractivity contribution >= 4 is 0 Å². The molecule has 2 aliphatic rings. The lowest BCUT2D eigenvalue weighted by atomic mass is 10.2. The molecule has 0 aromatic carbocycles. The van der Waals surface area contributed by atoms with Crippen LogP contribution in [0.15, 0.2) is 0 Å². The molecule has 0 aromatic heterocycles. The summed E-state index contributed by atoms with van der Waals surface area (Å²) in [6.07, 6.45) is 6.74. The van der Waals surface area contributed by atoms with E-state index in [4.69, 9.17) is 4.74 Å². The van der Waals surface area contributed by atoms with Crippen LogP contribution in [0.4, 0.5) is 0 Å². The molecule has 1 aliphatic heterocycles. The predicted molar refractivity (Wildman–Crippen MR) is 62.1 cm³/mol. The summed E-state index contributed by atoms with van der Waals surface area (Å²) in [5.74, 6) is 0. The van der Waals surface area contributed by atoms with Gasteiger partial charge < -0.3 is 10.1 Å². The first kappa shape index (κ1) is 11.4. The topological polar surface area (TPSA) is 24.5 Å². The van der Waals surface area contributed by atoms with E-state index in [0.717, 1.165) is 18.7 Å². The molecule has 0 aromatic rings. The van der Waals surface area contributed by atoms with E-state index in [2.05, 4.69) is 10.2 Å². The molecule has 2 rings (SSSR count). The summed E-state index contributed by atoms with van der Waals surface area (Å²) in [6.45, 7) is 4.61. The summed E-state index contributed by atoms with van der Waals surface area (Å²) >= 11 is 0. The van der Waals surface area contributed by atoms with Crippen molar-refractivity contribution < 1.29 is 4.74 Å². The third-order valence-electron chi connectivity index (χ3n) is 3.51. The van der Waals surface area contributed by atoms with E-state index in [1.807, 2.05) is 0 Å². The molecule has 1 heterocycles. The van der Waals surface area contributed by atoms with Gasteiger partial charge in [-0.2, -0.15) is 0 Å². The first-order valence-electron chi connectivity index (χ1n) is 6.36. The smallest absolute Gasteiger partial charge is 0.0474 e. The van der Waals surface area contributed by atoms with Gasteiger partial charge in [-0.1, -0.05) is 0 Å². The Balaban J connectivity index is 1.62. The van der Waals surface area contributed by atoms with Crippen molar-refractivity contribution in [3.8, 4) is 0 Å². The van der Waals surface area contributed by atoms with Crippen LogP contribution in [0.1, 0.15) is 32.1 Å². The van der Waals surface area contributed by atoms with Gasteiger partial charge in [-0.3, -0.25) is 4.90 Å². The zero-order valence-corrected chi connectivity index (χ0v) is 9.87. The Morgan fingerprint density at radius 1 is 1.33 bits per heavy atom. The van der Waals surface area contributed by atoms with Crippen molar-refractivity contribution in [2.24, 2.45) is 0 Å². The van der Waals surface area contributed by atoms with Crippen molar-refractivity contribution in [3.63, 3.8) is 0 Å². The van der Waals surface area contributed by atoms with Crippen LogP contribution in [0, 0.1) is 0 Å². The molecule has 3 heteroatoms. The lowest BCUT2D eigenvalue weighted by Gasteiger charge is -2.24. The molecule has 15 heavy (non-hydrogen) atoms. The Kier molecular flexibility index (Phi) is 4.42. The van der Waals surface area contributed by atoms with Gasteiger partial charge in [0.05, 0.1) is 0 Å². The highest BCUT2D eigenvalue weighted by Crippen LogP contribution is 2.21. The first-order chi connectivity index (χ1) is 7.40. The van der Waals surface area contributed by atoms with Crippen molar-refractivity contribution in [1.29, 1.82) is 0 Å². The first-order valence-corrected chi connectivity index (χ1v) is 6.36. The zero-order chi connectivity index (χ0) is 10.5. The third kappa shape index (κ3) is 3.74. The van der Waals surface area contributed by atoms with Crippen LogP contribution in [0.3, 0.4) is 0 Å². The summed E-state index contributed by atoms with van der Waals surface area (Å²) in [4.78, 5) is 2.63. The number of hydrogen-bond donors (Lipinski definition) is 1. The molecule has 88 valence electrons. The minimum absolute atomic E-state index is 0.794. The number of methoxy groups -OCH3 is 1. The minimum Gasteiger partial charge on any atom is -0.385 e. The van der Waals surface area contributed by atoms with Crippen LogP contribution in [0.2, 0.25) is 0 Å². The van der Waals surface area contributed by atoms with E-state index in [1.54, 1.807) is 7.11 Å². The van der Waals surface area contributed by atoms with Gasteiger partial charge in [0.25, 0.3) is 0 Å². The monoisotopic (exact) mass is 212 g/mol. The van der Waals surface area contributed by atoms with Gasteiger partial charge in [-0.05, 0) is 38.6 Å². The maximum atomic E-state index is 5.10. The van der Waals surface area contributed by atoms with Crippen molar-refractivity contribution in [3.05, 3.63) is 0 Å². The fourth-order valence-corrected chi connectivity index (χ4v) is 2.42. The highest BCUT2D eigenvalue weighted by Gasteiger charge is 2.27. The van der Waals surface area contributed by atoms with Crippen LogP contribution in [0.25, 0.3) is 0 Å². The number of hydrogen-bond acceptors (Lipinski definition) is 3. The summed E-state index contributed by atoms with van der Waals surface area (Å²) < 4.78 is 5.10. The average molecular weight is 212 g/mol. The molecule has 0 amide bonds. The van der Waals surface area contributed by atoms with E-state index in [-0.39, 0.29) is 0 Å². The molecule has 1 unspecified atom stereocenters. The molecule has 2 fully saturated rings. The molecule has 3 nitrogen and oxygen atoms in total. The summed E-state index contributed by atoms with van der Waals surface area (Å²) in [6, 6.07) is 1.65. The number of nitrogens with zero attached hydrogens (tertiary/aromatic N) is 1. The van der Waals surface area contributed by atoms with Gasteiger partial charge in [0, 0.05) is 38.9 Å². The average Bonchev–Trinajstić information content (AvgIpc) is 2.97. The van der Waals surface area contributed by atoms with Crippen LogP contribution in [0.5, 0.6) is 0 Å². The van der Waals surface area contributed by atoms with E-state index in [9.17, 15) is 0 Å². The Bertz CT molecular complexity index is 182. The summed E-state index contributed by atoms with van der Waals surface area (Å²) in [5, 5.41) is 3.65. The second kappa shape index (κ2) is 5.83. The molecular weight excluding hydrogens is 188 g/mol. The minimum atomic E-state index is 0.794. The van der Waals surface area contributed by atoms with E-state index < -0.39 is 0 Å². The predicted octanol–water partition coefficient (Wildman–Crippen LogP) is 1.24. The van der Waals surface area contributed by atoms with Crippen molar-refractivity contribution in [1.82, 2.24) is 10.2 Å². The third-order valence-corrected chi connectivity index (χ3v) is 3.51. The second-order valence-corrected chi connectivity index (χ2v) is 4.86. The van der Waals surface area contributed by atoms with Gasteiger partial charge >= 0.3 is 0 Å². The van der Waals surface area contributed by atoms with Crippen LogP contribution in [-0.2, 0) is 4.74 Å². The Labute approximate surface area is 93.2 Å². The van der Waals surface area contributed by atoms with E-state index in [1.165, 1.54) is 51.7 Å². The van der Waals surface area contributed by atoms with Gasteiger partial charge in [-0.25, -0.2) is 0 Å². The second-order valence-electron chi connectivity index (χ2n) is 4.86. The molecule has 1 atom stereocenters. The molecule has 1 aliphatic carbocycles. The number of ether oxygens (including phenoxy) is 1. The Morgan fingerprint density at radius 2 is 2.20 bits per heavy atom. The highest BCUT2D eigenvalue weighted by molar-refractivity contribution is 4.86. The quantitative estimate of drug-likeness (QED) is 0.643. The normalized spacial score (nSPS) is 27.4. The standard InChI is InChI=1S/C12H24N2O/c1-15-9-3-8-14-7-2-4-12(14)10-13-11-5-6-11/h11-13H,2-10H2,1H3. The SMILES string of the molecule is COCCCN1CCCC1CNC1CC1. The molecule has 1 N–H and O–H groups in total. The maximum absolute atomic E-state index is 5.10. The largest absolute Gasteiger partial charge is 0.385 e. The molecule has 0 radical (unpaired) electrons. The van der Waals surface area contributed by atoms with Gasteiger partial charge in [-0.15, -0.1) is 0 Å². The zero-order valence-electron chi connectivity index (χ0n) is 9.87. The fourth-order valence-electron chi connectivity index (χ4n) is 2.42. The molecular formula is C12H24N2O. The molecule has 1 saturated carbocycles. The Hall–Kier alpha value is -0.120. The van der Waals surface area contributed by atoms with E-state index in [0.29, 0.717) is 0 Å². The summed E-state index contributed by atoms with van der Waals surface area (Å²) in [5.41, 5.74) is 0. The van der Waals surface area contributed by atoms with Crippen LogP contribution in [-0.4, -0.2) is 50.3 Å². The van der Waals surface area contributed by atoms with E-state index >= 15 is 0 Å². The van der Waals surface area contributed by atoms with Gasteiger partial charge in [0.1, 0.15) is 0 Å².